The van der Waals surface area contributed by atoms with Gasteiger partial charge in [-0.3, -0.25) is 9.10 Å². The molecule has 0 saturated carbocycles. The zero-order valence-corrected chi connectivity index (χ0v) is 18.4. The molecule has 0 radical (unpaired) electrons. The summed E-state index contributed by atoms with van der Waals surface area (Å²) in [7, 11) is -4.00. The van der Waals surface area contributed by atoms with E-state index in [1.807, 2.05) is 30.3 Å². The molecule has 0 atom stereocenters. The molecule has 0 aromatic heterocycles. The number of alkyl halides is 3. The van der Waals surface area contributed by atoms with Crippen LogP contribution in [0.15, 0.2) is 54.6 Å². The molecule has 3 rings (SSSR count). The minimum Gasteiger partial charge on any atom is -0.381 e. The van der Waals surface area contributed by atoms with Crippen LogP contribution in [0, 0.1) is 0 Å². The molecule has 1 aliphatic heterocycles. The largest absolute Gasteiger partial charge is 0.416 e. The summed E-state index contributed by atoms with van der Waals surface area (Å²) >= 11 is 0. The Hall–Kier alpha value is -2.59. The Morgan fingerprint density at radius 3 is 2.34 bits per heavy atom. The fourth-order valence-corrected chi connectivity index (χ4v) is 4.66. The van der Waals surface area contributed by atoms with Crippen LogP contribution in [0.5, 0.6) is 0 Å². The highest BCUT2D eigenvalue weighted by atomic mass is 32.2. The molecule has 1 heterocycles. The number of rotatable bonds is 7. The summed E-state index contributed by atoms with van der Waals surface area (Å²) in [6.07, 6.45) is -2.42. The van der Waals surface area contributed by atoms with Crippen molar-refractivity contribution in [1.82, 2.24) is 5.32 Å². The standard InChI is InChI=1S/C22H25F3N2O4S/c1-32(29,30)27(19-9-5-8-18(14-19)22(23,24)25)15-20(28)26-16-21(10-12-31-13-11-21)17-6-3-2-4-7-17/h2-9,14H,10-13,15-16H2,1H3,(H,26,28). The molecule has 6 nitrogen and oxygen atoms in total. The zero-order valence-electron chi connectivity index (χ0n) is 17.6. The van der Waals surface area contributed by atoms with Gasteiger partial charge in [-0.1, -0.05) is 36.4 Å². The number of hydrogen-bond acceptors (Lipinski definition) is 4. The molecular formula is C22H25F3N2O4S. The van der Waals surface area contributed by atoms with Crippen molar-refractivity contribution < 1.29 is 31.1 Å². The number of carbonyl (C=O) groups excluding carboxylic acids is 1. The van der Waals surface area contributed by atoms with Crippen LogP contribution in [0.2, 0.25) is 0 Å². The number of benzene rings is 2. The molecule has 1 N–H and O–H groups in total. The van der Waals surface area contributed by atoms with Gasteiger partial charge < -0.3 is 10.1 Å². The average molecular weight is 471 g/mol. The van der Waals surface area contributed by atoms with E-state index in [1.54, 1.807) is 0 Å². The molecule has 2 aromatic carbocycles. The monoisotopic (exact) mass is 470 g/mol. The van der Waals surface area contributed by atoms with Gasteiger partial charge in [0.15, 0.2) is 0 Å². The van der Waals surface area contributed by atoms with Crippen molar-refractivity contribution in [2.75, 3.05) is 36.9 Å². The van der Waals surface area contributed by atoms with E-state index in [0.717, 1.165) is 30.0 Å². The lowest BCUT2D eigenvalue weighted by molar-refractivity contribution is -0.137. The molecule has 0 bridgehead atoms. The summed E-state index contributed by atoms with van der Waals surface area (Å²) in [5, 5.41) is 2.79. The van der Waals surface area contributed by atoms with Gasteiger partial charge in [-0.15, -0.1) is 0 Å². The first-order valence-electron chi connectivity index (χ1n) is 10.1. The van der Waals surface area contributed by atoms with Gasteiger partial charge in [0.1, 0.15) is 6.54 Å². The predicted molar refractivity (Wildman–Crippen MR) is 115 cm³/mol. The van der Waals surface area contributed by atoms with Crippen molar-refractivity contribution in [3.63, 3.8) is 0 Å². The number of halogens is 3. The molecule has 1 aliphatic rings. The summed E-state index contributed by atoms with van der Waals surface area (Å²) in [6, 6.07) is 13.6. The van der Waals surface area contributed by atoms with Crippen LogP contribution >= 0.6 is 0 Å². The van der Waals surface area contributed by atoms with Crippen LogP contribution in [0.3, 0.4) is 0 Å². The SMILES string of the molecule is CS(=O)(=O)N(CC(=O)NCC1(c2ccccc2)CCOCC1)c1cccc(C(F)(F)F)c1. The molecular weight excluding hydrogens is 445 g/mol. The van der Waals surface area contributed by atoms with Crippen molar-refractivity contribution >= 4 is 21.6 Å². The smallest absolute Gasteiger partial charge is 0.381 e. The number of nitrogens with zero attached hydrogens (tertiary/aromatic N) is 1. The topological polar surface area (TPSA) is 75.7 Å². The first-order valence-corrected chi connectivity index (χ1v) is 11.9. The van der Waals surface area contributed by atoms with Crippen molar-refractivity contribution in [2.24, 2.45) is 0 Å². The summed E-state index contributed by atoms with van der Waals surface area (Å²) in [6.45, 7) is 0.704. The number of amides is 1. The van der Waals surface area contributed by atoms with E-state index >= 15 is 0 Å². The summed E-state index contributed by atoms with van der Waals surface area (Å²) < 4.78 is 69.9. The lowest BCUT2D eigenvalue weighted by Gasteiger charge is -2.38. The third-order valence-electron chi connectivity index (χ3n) is 5.61. The van der Waals surface area contributed by atoms with E-state index in [0.29, 0.717) is 30.4 Å². The number of carbonyl (C=O) groups is 1. The van der Waals surface area contributed by atoms with E-state index in [2.05, 4.69) is 5.32 Å². The van der Waals surface area contributed by atoms with Gasteiger partial charge in [-0.2, -0.15) is 13.2 Å². The number of nitrogens with one attached hydrogen (secondary N) is 1. The third kappa shape index (κ3) is 5.80. The van der Waals surface area contributed by atoms with Gasteiger partial charge in [0.05, 0.1) is 17.5 Å². The molecule has 1 fully saturated rings. The summed E-state index contributed by atoms with van der Waals surface area (Å²) in [5.74, 6) is -0.602. The van der Waals surface area contributed by atoms with Crippen LogP contribution in [-0.4, -0.2) is 46.9 Å². The fourth-order valence-electron chi connectivity index (χ4n) is 3.81. The maximum Gasteiger partial charge on any atom is 0.416 e. The lowest BCUT2D eigenvalue weighted by Crippen LogP contribution is -2.47. The number of sulfonamides is 1. The average Bonchev–Trinajstić information content (AvgIpc) is 2.76. The Morgan fingerprint density at radius 2 is 1.75 bits per heavy atom. The predicted octanol–water partition coefficient (Wildman–Crippen LogP) is 3.34. The van der Waals surface area contributed by atoms with Crippen molar-refractivity contribution in [3.05, 3.63) is 65.7 Å². The van der Waals surface area contributed by atoms with E-state index in [-0.39, 0.29) is 17.6 Å². The van der Waals surface area contributed by atoms with E-state index in [1.165, 1.54) is 6.07 Å². The molecule has 0 unspecified atom stereocenters. The maximum atomic E-state index is 13.1. The van der Waals surface area contributed by atoms with Crippen LogP contribution in [-0.2, 0) is 31.1 Å². The van der Waals surface area contributed by atoms with Crippen molar-refractivity contribution in [3.8, 4) is 0 Å². The molecule has 0 spiro atoms. The van der Waals surface area contributed by atoms with Crippen LogP contribution in [0.25, 0.3) is 0 Å². The van der Waals surface area contributed by atoms with E-state index in [4.69, 9.17) is 4.74 Å². The highest BCUT2D eigenvalue weighted by molar-refractivity contribution is 7.92. The number of anilines is 1. The second kappa shape index (κ2) is 9.50. The summed E-state index contributed by atoms with van der Waals surface area (Å²) in [5.41, 5.74) is -0.529. The second-order valence-electron chi connectivity index (χ2n) is 7.85. The van der Waals surface area contributed by atoms with Crippen molar-refractivity contribution in [1.29, 1.82) is 0 Å². The Kier molecular flexibility index (Phi) is 7.14. The van der Waals surface area contributed by atoms with Crippen LogP contribution in [0.4, 0.5) is 18.9 Å². The van der Waals surface area contributed by atoms with Gasteiger partial charge in [0, 0.05) is 25.2 Å². The van der Waals surface area contributed by atoms with Crippen LogP contribution in [0.1, 0.15) is 24.0 Å². The fraction of sp³-hybridized carbons (Fsp3) is 0.409. The Balaban J connectivity index is 1.78. The van der Waals surface area contributed by atoms with Crippen LogP contribution < -0.4 is 9.62 Å². The molecule has 174 valence electrons. The van der Waals surface area contributed by atoms with E-state index in [9.17, 15) is 26.4 Å². The van der Waals surface area contributed by atoms with E-state index < -0.39 is 34.2 Å². The van der Waals surface area contributed by atoms with Gasteiger partial charge in [-0.25, -0.2) is 8.42 Å². The third-order valence-corrected chi connectivity index (χ3v) is 6.75. The zero-order chi connectivity index (χ0) is 23.4. The molecule has 0 aliphatic carbocycles. The Bertz CT molecular complexity index is 1040. The van der Waals surface area contributed by atoms with Gasteiger partial charge >= 0.3 is 6.18 Å². The second-order valence-corrected chi connectivity index (χ2v) is 9.76. The molecule has 1 saturated heterocycles. The Labute approximate surface area is 185 Å². The number of hydrogen-bond donors (Lipinski definition) is 1. The normalized spacial score (nSPS) is 16.4. The van der Waals surface area contributed by atoms with Gasteiger partial charge in [-0.05, 0) is 36.6 Å². The lowest BCUT2D eigenvalue weighted by atomic mass is 9.74. The first-order chi connectivity index (χ1) is 15.0. The maximum absolute atomic E-state index is 13.1. The van der Waals surface area contributed by atoms with Gasteiger partial charge in [0.25, 0.3) is 0 Å². The van der Waals surface area contributed by atoms with Gasteiger partial charge in [0.2, 0.25) is 15.9 Å². The highest BCUT2D eigenvalue weighted by Gasteiger charge is 2.35. The highest BCUT2D eigenvalue weighted by Crippen LogP contribution is 2.34. The molecule has 32 heavy (non-hydrogen) atoms. The quantitative estimate of drug-likeness (QED) is 0.674. The molecule has 2 aromatic rings. The molecule has 10 heteroatoms. The minimum absolute atomic E-state index is 0.221. The minimum atomic E-state index is -4.63. The summed E-state index contributed by atoms with van der Waals surface area (Å²) in [4.78, 5) is 12.7. The molecule has 1 amide bonds. The van der Waals surface area contributed by atoms with Crippen molar-refractivity contribution in [2.45, 2.75) is 24.4 Å². The first kappa shape index (κ1) is 24.1. The number of ether oxygens (including phenoxy) is 1. The Morgan fingerprint density at radius 1 is 1.09 bits per heavy atom.